The minimum Gasteiger partial charge on any atom is -0.445 e. The summed E-state index contributed by atoms with van der Waals surface area (Å²) in [6.45, 7) is 0.171. The molecule has 2 atom stereocenters. The van der Waals surface area contributed by atoms with Gasteiger partial charge in [0.25, 0.3) is 0 Å². The molecule has 2 aliphatic rings. The predicted molar refractivity (Wildman–Crippen MR) is 108 cm³/mol. The lowest BCUT2D eigenvalue weighted by atomic mass is 9.83. The number of ether oxygens (including phenoxy) is 1. The highest BCUT2D eigenvalue weighted by molar-refractivity contribution is 5.69. The molecule has 7 heteroatoms. The Morgan fingerprint density at radius 2 is 1.87 bits per heavy atom. The molecular weight excluding hydrogens is 410 g/mol. The predicted octanol–water partition coefficient (Wildman–Crippen LogP) is 6.28. The highest BCUT2D eigenvalue weighted by Crippen LogP contribution is 2.38. The van der Waals surface area contributed by atoms with Crippen LogP contribution in [-0.4, -0.2) is 23.1 Å². The van der Waals surface area contributed by atoms with E-state index in [2.05, 4.69) is 0 Å². The van der Waals surface area contributed by atoms with Crippen LogP contribution in [0.1, 0.15) is 42.4 Å². The number of rotatable bonds is 4. The molecule has 2 unspecified atom stereocenters. The summed E-state index contributed by atoms with van der Waals surface area (Å²) in [7, 11) is 0. The number of hydrogen-bond acceptors (Lipinski definition) is 2. The molecule has 2 heterocycles. The zero-order valence-corrected chi connectivity index (χ0v) is 16.9. The first-order valence-corrected chi connectivity index (χ1v) is 10.4. The third-order valence-corrected chi connectivity index (χ3v) is 5.92. The summed E-state index contributed by atoms with van der Waals surface area (Å²) >= 11 is 0. The van der Waals surface area contributed by atoms with Crippen LogP contribution >= 0.6 is 0 Å². The Morgan fingerprint density at radius 1 is 1.10 bits per heavy atom. The molecule has 1 fully saturated rings. The lowest BCUT2D eigenvalue weighted by Crippen LogP contribution is -2.52. The number of carbonyl (C=O) groups is 1. The van der Waals surface area contributed by atoms with Crippen LogP contribution < -0.4 is 0 Å². The first kappa shape index (κ1) is 21.4. The van der Waals surface area contributed by atoms with E-state index >= 15 is 0 Å². The maximum atomic E-state index is 13.7. The van der Waals surface area contributed by atoms with Crippen LogP contribution in [0, 0.1) is 5.82 Å². The van der Waals surface area contributed by atoms with Gasteiger partial charge in [0.1, 0.15) is 12.4 Å². The SMILES string of the molecule is O=C(OCc1ccccc1)N1C2C=C(Cc3cc(F)ccc3C(F)(F)F)CC1CCC2. The minimum absolute atomic E-state index is 0.0203. The van der Waals surface area contributed by atoms with Crippen molar-refractivity contribution in [3.8, 4) is 0 Å². The van der Waals surface area contributed by atoms with Crippen molar-refractivity contribution < 1.29 is 27.1 Å². The Morgan fingerprint density at radius 3 is 2.58 bits per heavy atom. The van der Waals surface area contributed by atoms with Gasteiger partial charge in [0.05, 0.1) is 11.6 Å². The summed E-state index contributed by atoms with van der Waals surface area (Å²) in [6.07, 6.45) is -0.159. The molecule has 4 rings (SSSR count). The van der Waals surface area contributed by atoms with Crippen molar-refractivity contribution in [3.63, 3.8) is 0 Å². The summed E-state index contributed by atoms with van der Waals surface area (Å²) in [4.78, 5) is 14.5. The average Bonchev–Trinajstić information content (AvgIpc) is 2.71. The third-order valence-electron chi connectivity index (χ3n) is 5.92. The van der Waals surface area contributed by atoms with Crippen molar-refractivity contribution in [2.75, 3.05) is 0 Å². The number of fused-ring (bicyclic) bond motifs is 2. The molecule has 0 N–H and O–H groups in total. The van der Waals surface area contributed by atoms with E-state index in [1.165, 1.54) is 0 Å². The normalized spacial score (nSPS) is 20.9. The molecule has 2 bridgehead atoms. The van der Waals surface area contributed by atoms with Gasteiger partial charge in [-0.2, -0.15) is 13.2 Å². The highest BCUT2D eigenvalue weighted by Gasteiger charge is 2.39. The molecule has 2 aromatic rings. The van der Waals surface area contributed by atoms with Gasteiger partial charge in [0.2, 0.25) is 0 Å². The lowest BCUT2D eigenvalue weighted by molar-refractivity contribution is -0.138. The van der Waals surface area contributed by atoms with Gasteiger partial charge in [-0.25, -0.2) is 9.18 Å². The van der Waals surface area contributed by atoms with Gasteiger partial charge in [-0.05, 0) is 61.4 Å². The molecular formula is C24H23F4NO2. The molecule has 0 spiro atoms. The molecule has 0 aliphatic carbocycles. The number of halogens is 4. The standard InChI is InChI=1S/C24H23F4NO2/c25-19-9-10-22(24(26,27)28)18(14-19)11-17-12-20-7-4-8-21(13-17)29(20)23(30)31-15-16-5-2-1-3-6-16/h1-3,5-6,9-10,12,14,20-21H,4,7-8,11,13,15H2. The number of nitrogens with zero attached hydrogens (tertiary/aromatic N) is 1. The molecule has 1 saturated heterocycles. The maximum Gasteiger partial charge on any atom is 0.416 e. The van der Waals surface area contributed by atoms with Crippen molar-refractivity contribution in [2.24, 2.45) is 0 Å². The quantitative estimate of drug-likeness (QED) is 0.420. The number of piperidine rings is 1. The van der Waals surface area contributed by atoms with Crippen LogP contribution in [0.3, 0.4) is 0 Å². The number of hydrogen-bond donors (Lipinski definition) is 0. The second-order valence-electron chi connectivity index (χ2n) is 8.10. The lowest BCUT2D eigenvalue weighted by Gasteiger charge is -2.44. The van der Waals surface area contributed by atoms with Gasteiger partial charge in [-0.1, -0.05) is 42.0 Å². The van der Waals surface area contributed by atoms with Crippen molar-refractivity contribution in [1.82, 2.24) is 4.90 Å². The molecule has 1 amide bonds. The summed E-state index contributed by atoms with van der Waals surface area (Å²) in [5.74, 6) is -0.689. The van der Waals surface area contributed by atoms with Crippen molar-refractivity contribution in [3.05, 3.63) is 82.7 Å². The minimum atomic E-state index is -4.54. The highest BCUT2D eigenvalue weighted by atomic mass is 19.4. The van der Waals surface area contributed by atoms with Crippen molar-refractivity contribution in [1.29, 1.82) is 0 Å². The summed E-state index contributed by atoms with van der Waals surface area (Å²) in [5.41, 5.74) is 0.805. The number of carbonyl (C=O) groups excluding carboxylic acids is 1. The Bertz CT molecular complexity index is 971. The fraction of sp³-hybridized carbons (Fsp3) is 0.375. The summed E-state index contributed by atoms with van der Waals surface area (Å²) < 4.78 is 59.2. The van der Waals surface area contributed by atoms with Crippen LogP contribution in [0.2, 0.25) is 0 Å². The zero-order chi connectivity index (χ0) is 22.0. The number of benzene rings is 2. The van der Waals surface area contributed by atoms with Crippen LogP contribution in [0.15, 0.2) is 60.2 Å². The third kappa shape index (κ3) is 4.92. The van der Waals surface area contributed by atoms with Crippen molar-refractivity contribution in [2.45, 2.75) is 57.0 Å². The van der Waals surface area contributed by atoms with Gasteiger partial charge in [0.15, 0.2) is 0 Å². The smallest absolute Gasteiger partial charge is 0.416 e. The van der Waals surface area contributed by atoms with Crippen LogP contribution in [0.4, 0.5) is 22.4 Å². The van der Waals surface area contributed by atoms with E-state index in [1.807, 2.05) is 36.4 Å². The van der Waals surface area contributed by atoms with Crippen LogP contribution in [0.5, 0.6) is 0 Å². The van der Waals surface area contributed by atoms with E-state index in [0.717, 1.165) is 48.6 Å². The molecule has 0 radical (unpaired) electrons. The van der Waals surface area contributed by atoms with E-state index in [9.17, 15) is 22.4 Å². The average molecular weight is 433 g/mol. The second-order valence-corrected chi connectivity index (χ2v) is 8.10. The monoisotopic (exact) mass is 433 g/mol. The van der Waals surface area contributed by atoms with Crippen LogP contribution in [-0.2, 0) is 23.9 Å². The number of amides is 1. The fourth-order valence-corrected chi connectivity index (χ4v) is 4.56. The Hall–Kier alpha value is -2.83. The van der Waals surface area contributed by atoms with E-state index in [1.54, 1.807) is 4.90 Å². The van der Waals surface area contributed by atoms with E-state index in [4.69, 9.17) is 4.74 Å². The fourth-order valence-electron chi connectivity index (χ4n) is 4.56. The van der Waals surface area contributed by atoms with Gasteiger partial charge in [-0.3, -0.25) is 4.90 Å². The van der Waals surface area contributed by atoms with E-state index in [0.29, 0.717) is 6.42 Å². The molecule has 2 aliphatic heterocycles. The molecule has 2 aromatic carbocycles. The van der Waals surface area contributed by atoms with Gasteiger partial charge < -0.3 is 4.74 Å². The van der Waals surface area contributed by atoms with Gasteiger partial charge in [-0.15, -0.1) is 0 Å². The second kappa shape index (κ2) is 8.73. The molecule has 3 nitrogen and oxygen atoms in total. The van der Waals surface area contributed by atoms with Crippen molar-refractivity contribution >= 4 is 6.09 Å². The first-order chi connectivity index (χ1) is 14.8. The maximum absolute atomic E-state index is 13.7. The Balaban J connectivity index is 1.50. The molecule has 0 saturated carbocycles. The Labute approximate surface area is 178 Å². The summed E-state index contributed by atoms with van der Waals surface area (Å²) in [5, 5.41) is 0. The van der Waals surface area contributed by atoms with Crippen LogP contribution in [0.25, 0.3) is 0 Å². The first-order valence-electron chi connectivity index (χ1n) is 10.4. The number of alkyl halides is 3. The van der Waals surface area contributed by atoms with E-state index < -0.39 is 23.7 Å². The molecule has 0 aromatic heterocycles. The topological polar surface area (TPSA) is 29.5 Å². The largest absolute Gasteiger partial charge is 0.445 e. The Kier molecular flexibility index (Phi) is 6.03. The van der Waals surface area contributed by atoms with Gasteiger partial charge in [0, 0.05) is 6.04 Å². The van der Waals surface area contributed by atoms with E-state index in [-0.39, 0.29) is 30.7 Å². The van der Waals surface area contributed by atoms with Gasteiger partial charge >= 0.3 is 12.3 Å². The molecule has 164 valence electrons. The summed E-state index contributed by atoms with van der Waals surface area (Å²) in [6, 6.07) is 11.6. The zero-order valence-electron chi connectivity index (χ0n) is 16.9. The molecule has 31 heavy (non-hydrogen) atoms.